The molecular formula is C2H10N2O5Pd. The van der Waals surface area contributed by atoms with E-state index in [0.29, 0.717) is 0 Å². The smallest absolute Gasteiger partial charge is 0.512 e. The molecule has 7 nitrogen and oxygen atoms in total. The molecule has 0 aliphatic rings. The summed E-state index contributed by atoms with van der Waals surface area (Å²) in [5, 5.41) is 12.5. The van der Waals surface area contributed by atoms with E-state index in [1.54, 1.807) is 0 Å². The van der Waals surface area contributed by atoms with Crippen molar-refractivity contribution >= 4 is 0 Å². The minimum absolute atomic E-state index is 0. The minimum atomic E-state index is 0. The van der Waals surface area contributed by atoms with Crippen molar-refractivity contribution in [2.24, 2.45) is 0 Å². The van der Waals surface area contributed by atoms with E-state index in [1.807, 2.05) is 0 Å². The SMILES string of the molecule is O.O.O.O.O.[C-]#N.[C-]#N.[Pd+2]. The quantitative estimate of drug-likeness (QED) is 0.311. The number of rotatable bonds is 0. The van der Waals surface area contributed by atoms with Crippen LogP contribution in [-0.2, 0) is 20.4 Å². The minimum Gasteiger partial charge on any atom is -0.512 e. The van der Waals surface area contributed by atoms with E-state index < -0.39 is 0 Å². The second-order valence-electron chi connectivity index (χ2n) is 0. The second-order valence-corrected chi connectivity index (χ2v) is 0. The fourth-order valence-corrected chi connectivity index (χ4v) is 0. The van der Waals surface area contributed by atoms with E-state index in [-0.39, 0.29) is 47.8 Å². The standard InChI is InChI=1S/2CN.5H2O.Pd/c2*1-2;;;;;;/h;;5*1H2;/q2*-1;;;;;;+2. The van der Waals surface area contributed by atoms with Gasteiger partial charge in [0.05, 0.1) is 0 Å². The molecule has 0 radical (unpaired) electrons. The first-order chi connectivity index (χ1) is 2.00. The van der Waals surface area contributed by atoms with Crippen LogP contribution in [0.3, 0.4) is 0 Å². The Labute approximate surface area is 72.1 Å². The summed E-state index contributed by atoms with van der Waals surface area (Å²) in [7, 11) is 0. The Morgan fingerprint density at radius 2 is 0.500 bits per heavy atom. The van der Waals surface area contributed by atoms with Gasteiger partial charge in [-0.05, 0) is 0 Å². The first kappa shape index (κ1) is 323. The van der Waals surface area contributed by atoms with Crippen molar-refractivity contribution in [1.29, 1.82) is 10.5 Å². The first-order valence-electron chi connectivity index (χ1n) is 0.447. The molecule has 0 saturated heterocycles. The van der Waals surface area contributed by atoms with Gasteiger partial charge in [-0.3, -0.25) is 0 Å². The topological polar surface area (TPSA) is 205 Å². The van der Waals surface area contributed by atoms with Crippen LogP contribution >= 0.6 is 0 Å². The number of hydrogen-bond donors (Lipinski definition) is 0. The molecule has 0 amide bonds. The molecule has 10 N–H and O–H groups in total. The predicted octanol–water partition coefficient (Wildman–Crippen LogP) is -3.93. The van der Waals surface area contributed by atoms with Crippen molar-refractivity contribution in [1.82, 2.24) is 0 Å². The van der Waals surface area contributed by atoms with Crippen LogP contribution in [0, 0.1) is 23.7 Å². The summed E-state index contributed by atoms with van der Waals surface area (Å²) in [6.07, 6.45) is 0. The average Bonchev–Trinajstić information content (AvgIpc) is 1.50. The molecule has 0 aromatic carbocycles. The molecule has 0 unspecified atom stereocenters. The maximum absolute atomic E-state index is 6.25. The van der Waals surface area contributed by atoms with Crippen molar-refractivity contribution in [2.45, 2.75) is 0 Å². The van der Waals surface area contributed by atoms with Crippen molar-refractivity contribution in [3.05, 3.63) is 13.1 Å². The molecule has 0 aromatic heterocycles. The zero-order valence-corrected chi connectivity index (χ0v) is 6.27. The van der Waals surface area contributed by atoms with Crippen molar-refractivity contribution in [3.63, 3.8) is 0 Å². The third kappa shape index (κ3) is 993. The molecule has 0 aromatic rings. The maximum atomic E-state index is 6.25. The molecular weight excluding hydrogens is 238 g/mol. The van der Waals surface area contributed by atoms with E-state index in [9.17, 15) is 0 Å². The fraction of sp³-hybridized carbons (Fsp3) is 0. The molecule has 0 spiro atoms. The van der Waals surface area contributed by atoms with Gasteiger partial charge in [-0.25, -0.2) is 0 Å². The van der Waals surface area contributed by atoms with Gasteiger partial charge in [0, 0.05) is 0 Å². The molecule has 0 rings (SSSR count). The monoisotopic (exact) mass is 248 g/mol. The van der Waals surface area contributed by atoms with E-state index in [0.717, 1.165) is 0 Å². The Morgan fingerprint density at radius 1 is 0.500 bits per heavy atom. The van der Waals surface area contributed by atoms with Crippen LogP contribution in [0.15, 0.2) is 0 Å². The van der Waals surface area contributed by atoms with Crippen LogP contribution in [0.2, 0.25) is 0 Å². The molecule has 8 heteroatoms. The van der Waals surface area contributed by atoms with Gasteiger partial charge in [-0.2, -0.15) is 0 Å². The summed E-state index contributed by atoms with van der Waals surface area (Å²) in [6, 6.07) is 0. The van der Waals surface area contributed by atoms with Crippen LogP contribution < -0.4 is 0 Å². The fourth-order valence-electron chi connectivity index (χ4n) is 0. The maximum Gasteiger partial charge on any atom is 2.00 e. The molecule has 68 valence electrons. The first-order valence-corrected chi connectivity index (χ1v) is 0.447. The van der Waals surface area contributed by atoms with Gasteiger partial charge < -0.3 is 51.0 Å². The van der Waals surface area contributed by atoms with E-state index >= 15 is 0 Å². The second kappa shape index (κ2) is 1500. The number of hydrogen-bond acceptors (Lipinski definition) is 2. The Morgan fingerprint density at radius 3 is 0.500 bits per heavy atom. The summed E-state index contributed by atoms with van der Waals surface area (Å²) in [6.45, 7) is 9.50. The summed E-state index contributed by atoms with van der Waals surface area (Å²) in [4.78, 5) is 0. The zero-order chi connectivity index (χ0) is 4.00. The van der Waals surface area contributed by atoms with Gasteiger partial charge >= 0.3 is 20.4 Å². The van der Waals surface area contributed by atoms with E-state index in [1.165, 1.54) is 0 Å². The number of nitrogens with zero attached hydrogens (tertiary/aromatic N) is 2. The average molecular weight is 249 g/mol. The predicted molar refractivity (Wildman–Crippen MR) is 28.0 cm³/mol. The Bertz CT molecular complexity index is 33.1. The summed E-state index contributed by atoms with van der Waals surface area (Å²) in [5.41, 5.74) is 0. The van der Waals surface area contributed by atoms with Gasteiger partial charge in [-0.1, -0.05) is 0 Å². The summed E-state index contributed by atoms with van der Waals surface area (Å²) >= 11 is 0. The summed E-state index contributed by atoms with van der Waals surface area (Å²) in [5.74, 6) is 0. The molecule has 0 aliphatic carbocycles. The van der Waals surface area contributed by atoms with Gasteiger partial charge in [0.25, 0.3) is 0 Å². The Kier molecular flexibility index (Phi) is 48600. The molecule has 10 heavy (non-hydrogen) atoms. The molecule has 0 atom stereocenters. The van der Waals surface area contributed by atoms with Crippen LogP contribution in [0.5, 0.6) is 0 Å². The van der Waals surface area contributed by atoms with Crippen LogP contribution in [0.4, 0.5) is 0 Å². The van der Waals surface area contributed by atoms with Crippen LogP contribution in [-0.4, -0.2) is 27.4 Å². The van der Waals surface area contributed by atoms with Gasteiger partial charge in [0.2, 0.25) is 0 Å². The summed E-state index contributed by atoms with van der Waals surface area (Å²) < 4.78 is 0. The van der Waals surface area contributed by atoms with Crippen molar-refractivity contribution in [2.75, 3.05) is 0 Å². The van der Waals surface area contributed by atoms with E-state index in [4.69, 9.17) is 23.7 Å². The third-order valence-electron chi connectivity index (χ3n) is 0. The van der Waals surface area contributed by atoms with E-state index in [2.05, 4.69) is 0 Å². The Balaban J connectivity index is -0.000000000833. The molecule has 0 aliphatic heterocycles. The zero-order valence-electron chi connectivity index (χ0n) is 4.71. The molecule has 0 fully saturated rings. The van der Waals surface area contributed by atoms with Gasteiger partial charge in [0.1, 0.15) is 0 Å². The van der Waals surface area contributed by atoms with Crippen molar-refractivity contribution in [3.8, 4) is 0 Å². The van der Waals surface area contributed by atoms with Gasteiger partial charge in [0.15, 0.2) is 0 Å². The molecule has 0 saturated carbocycles. The van der Waals surface area contributed by atoms with Crippen molar-refractivity contribution < 1.29 is 47.8 Å². The van der Waals surface area contributed by atoms with Gasteiger partial charge in [-0.15, -0.1) is 0 Å². The van der Waals surface area contributed by atoms with Crippen LogP contribution in [0.25, 0.3) is 0 Å². The molecule has 0 bridgehead atoms. The largest absolute Gasteiger partial charge is 2.00 e. The Hall–Kier alpha value is -0.558. The molecule has 0 heterocycles. The van der Waals surface area contributed by atoms with Crippen LogP contribution in [0.1, 0.15) is 0 Å². The third-order valence-corrected chi connectivity index (χ3v) is 0. The normalized spacial score (nSPS) is 0.400.